The van der Waals surface area contributed by atoms with E-state index in [4.69, 9.17) is 9.47 Å². The molecule has 0 radical (unpaired) electrons. The zero-order valence-electron chi connectivity index (χ0n) is 13.2. The van der Waals surface area contributed by atoms with Crippen molar-refractivity contribution in [1.29, 1.82) is 0 Å². The molecule has 116 valence electrons. The van der Waals surface area contributed by atoms with Crippen molar-refractivity contribution in [3.05, 3.63) is 0 Å². The molecule has 1 aliphatic rings. The lowest BCUT2D eigenvalue weighted by Crippen LogP contribution is -2.42. The van der Waals surface area contributed by atoms with Crippen LogP contribution in [0.2, 0.25) is 0 Å². The molecule has 1 N–H and O–H groups in total. The second kappa shape index (κ2) is 6.95. The molecule has 1 fully saturated rings. The van der Waals surface area contributed by atoms with E-state index in [9.17, 15) is 9.59 Å². The van der Waals surface area contributed by atoms with Gasteiger partial charge in [-0.05, 0) is 59.3 Å². The Morgan fingerprint density at radius 1 is 1.15 bits per heavy atom. The molecule has 1 saturated carbocycles. The number of hydrogen-bond donors (Lipinski definition) is 1. The van der Waals surface area contributed by atoms with Gasteiger partial charge in [0, 0.05) is 6.04 Å². The van der Waals surface area contributed by atoms with Gasteiger partial charge in [-0.2, -0.15) is 0 Å². The quantitative estimate of drug-likeness (QED) is 0.810. The van der Waals surface area contributed by atoms with E-state index in [1.54, 1.807) is 0 Å². The summed E-state index contributed by atoms with van der Waals surface area (Å²) < 4.78 is 10.0. The van der Waals surface area contributed by atoms with Crippen molar-refractivity contribution in [2.45, 2.75) is 65.0 Å². The fourth-order valence-corrected chi connectivity index (χ4v) is 2.63. The summed E-state index contributed by atoms with van der Waals surface area (Å²) in [5, 5.41) is 2.89. The van der Waals surface area contributed by atoms with E-state index in [0.717, 1.165) is 25.7 Å². The van der Waals surface area contributed by atoms with E-state index >= 15 is 0 Å². The van der Waals surface area contributed by atoms with Crippen LogP contribution in [-0.4, -0.2) is 30.8 Å². The standard InChI is InChI=1S/C15H27NO4/c1-10(16-14(18)20-15(2,3)4)11-6-8-12(9-7-11)13(17)19-5/h10-12H,6-9H2,1-5H3,(H,16,18)/t10-,11?,12?/m1/s1. The molecule has 1 aliphatic carbocycles. The minimum Gasteiger partial charge on any atom is -0.469 e. The van der Waals surface area contributed by atoms with Crippen molar-refractivity contribution in [1.82, 2.24) is 5.32 Å². The number of rotatable bonds is 3. The topological polar surface area (TPSA) is 64.6 Å². The highest BCUT2D eigenvalue weighted by molar-refractivity contribution is 5.72. The Morgan fingerprint density at radius 2 is 1.70 bits per heavy atom. The molecule has 1 atom stereocenters. The minimum absolute atomic E-state index is 0.0185. The minimum atomic E-state index is -0.480. The van der Waals surface area contributed by atoms with Crippen molar-refractivity contribution >= 4 is 12.1 Å². The van der Waals surface area contributed by atoms with Crippen LogP contribution >= 0.6 is 0 Å². The summed E-state index contributed by atoms with van der Waals surface area (Å²) in [4.78, 5) is 23.2. The first kappa shape index (κ1) is 16.8. The normalized spacial score (nSPS) is 24.6. The first-order chi connectivity index (χ1) is 9.23. The van der Waals surface area contributed by atoms with E-state index in [-0.39, 0.29) is 24.0 Å². The number of esters is 1. The van der Waals surface area contributed by atoms with Gasteiger partial charge in [0.2, 0.25) is 0 Å². The van der Waals surface area contributed by atoms with Crippen molar-refractivity contribution in [2.24, 2.45) is 11.8 Å². The number of hydrogen-bond acceptors (Lipinski definition) is 4. The van der Waals surface area contributed by atoms with Crippen LogP contribution < -0.4 is 5.32 Å². The lowest BCUT2D eigenvalue weighted by Gasteiger charge is -2.32. The first-order valence-corrected chi connectivity index (χ1v) is 7.30. The lowest BCUT2D eigenvalue weighted by molar-refractivity contribution is -0.146. The Kier molecular flexibility index (Phi) is 5.84. The zero-order valence-corrected chi connectivity index (χ0v) is 13.2. The first-order valence-electron chi connectivity index (χ1n) is 7.30. The van der Waals surface area contributed by atoms with Gasteiger partial charge in [0.15, 0.2) is 0 Å². The Balaban J connectivity index is 2.37. The molecule has 1 amide bonds. The molecule has 5 nitrogen and oxygen atoms in total. The number of ether oxygens (including phenoxy) is 2. The lowest BCUT2D eigenvalue weighted by atomic mass is 9.79. The highest BCUT2D eigenvalue weighted by Crippen LogP contribution is 2.31. The fourth-order valence-electron chi connectivity index (χ4n) is 2.63. The van der Waals surface area contributed by atoms with Gasteiger partial charge in [0.1, 0.15) is 5.60 Å². The maximum atomic E-state index is 11.7. The van der Waals surface area contributed by atoms with E-state index < -0.39 is 5.60 Å². The third-order valence-corrected chi connectivity index (χ3v) is 3.76. The predicted octanol–water partition coefficient (Wildman–Crippen LogP) is 2.88. The van der Waals surface area contributed by atoms with Crippen LogP contribution in [0.3, 0.4) is 0 Å². The monoisotopic (exact) mass is 285 g/mol. The summed E-state index contributed by atoms with van der Waals surface area (Å²) in [7, 11) is 1.43. The van der Waals surface area contributed by atoms with Gasteiger partial charge in [0.25, 0.3) is 0 Å². The molecule has 0 heterocycles. The van der Waals surface area contributed by atoms with Crippen molar-refractivity contribution in [3.8, 4) is 0 Å². The van der Waals surface area contributed by atoms with Gasteiger partial charge in [0.05, 0.1) is 13.0 Å². The van der Waals surface area contributed by atoms with Crippen LogP contribution in [0, 0.1) is 11.8 Å². The highest BCUT2D eigenvalue weighted by Gasteiger charge is 2.30. The van der Waals surface area contributed by atoms with Gasteiger partial charge in [-0.1, -0.05) is 0 Å². The average molecular weight is 285 g/mol. The summed E-state index contributed by atoms with van der Waals surface area (Å²) >= 11 is 0. The molecule has 5 heteroatoms. The number of amides is 1. The summed E-state index contributed by atoms with van der Waals surface area (Å²) in [6.45, 7) is 7.53. The van der Waals surface area contributed by atoms with Gasteiger partial charge < -0.3 is 14.8 Å². The number of methoxy groups -OCH3 is 1. The van der Waals surface area contributed by atoms with E-state index in [2.05, 4.69) is 5.32 Å². The molecular formula is C15H27NO4. The van der Waals surface area contributed by atoms with Gasteiger partial charge in [-0.25, -0.2) is 4.79 Å². The Hall–Kier alpha value is -1.26. The van der Waals surface area contributed by atoms with Crippen molar-refractivity contribution < 1.29 is 19.1 Å². The largest absolute Gasteiger partial charge is 0.469 e. The SMILES string of the molecule is COC(=O)C1CCC([C@@H](C)NC(=O)OC(C)(C)C)CC1. The Labute approximate surface area is 121 Å². The predicted molar refractivity (Wildman–Crippen MR) is 76.3 cm³/mol. The molecule has 0 saturated heterocycles. The van der Waals surface area contributed by atoms with Crippen LogP contribution in [0.5, 0.6) is 0 Å². The molecule has 0 unspecified atom stereocenters. The summed E-state index contributed by atoms with van der Waals surface area (Å²) in [6.07, 6.45) is 3.14. The molecule has 0 bridgehead atoms. The molecule has 0 aromatic heterocycles. The fraction of sp³-hybridized carbons (Fsp3) is 0.867. The molecule has 20 heavy (non-hydrogen) atoms. The molecule has 0 aromatic carbocycles. The zero-order chi connectivity index (χ0) is 15.3. The van der Waals surface area contributed by atoms with Crippen LogP contribution in [0.25, 0.3) is 0 Å². The maximum Gasteiger partial charge on any atom is 0.407 e. The van der Waals surface area contributed by atoms with Gasteiger partial charge >= 0.3 is 12.1 Å². The van der Waals surface area contributed by atoms with Crippen LogP contribution in [0.1, 0.15) is 53.4 Å². The highest BCUT2D eigenvalue weighted by atomic mass is 16.6. The smallest absolute Gasteiger partial charge is 0.407 e. The Morgan fingerprint density at radius 3 is 2.15 bits per heavy atom. The van der Waals surface area contributed by atoms with Gasteiger partial charge in [-0.15, -0.1) is 0 Å². The third-order valence-electron chi connectivity index (χ3n) is 3.76. The summed E-state index contributed by atoms with van der Waals surface area (Å²) in [5.74, 6) is 0.296. The Bertz CT molecular complexity index is 340. The number of nitrogens with one attached hydrogen (secondary N) is 1. The average Bonchev–Trinajstić information content (AvgIpc) is 2.35. The van der Waals surface area contributed by atoms with Crippen molar-refractivity contribution in [3.63, 3.8) is 0 Å². The second-order valence-corrected chi connectivity index (χ2v) is 6.57. The maximum absolute atomic E-state index is 11.7. The number of carbonyl (C=O) groups excluding carboxylic acids is 2. The van der Waals surface area contributed by atoms with Crippen LogP contribution in [0.4, 0.5) is 4.79 Å². The van der Waals surface area contributed by atoms with Crippen LogP contribution in [0.15, 0.2) is 0 Å². The van der Waals surface area contributed by atoms with Crippen LogP contribution in [-0.2, 0) is 14.3 Å². The van der Waals surface area contributed by atoms with E-state index in [1.807, 2.05) is 27.7 Å². The molecule has 1 rings (SSSR count). The summed E-state index contributed by atoms with van der Waals surface area (Å²) in [6, 6.07) is 0.0587. The molecule has 0 spiro atoms. The van der Waals surface area contributed by atoms with Gasteiger partial charge in [-0.3, -0.25) is 4.79 Å². The van der Waals surface area contributed by atoms with E-state index in [1.165, 1.54) is 7.11 Å². The van der Waals surface area contributed by atoms with Crippen molar-refractivity contribution in [2.75, 3.05) is 7.11 Å². The summed E-state index contributed by atoms with van der Waals surface area (Å²) in [5.41, 5.74) is -0.480. The number of alkyl carbamates (subject to hydrolysis) is 1. The molecule has 0 aliphatic heterocycles. The third kappa shape index (κ3) is 5.39. The molecular weight excluding hydrogens is 258 g/mol. The second-order valence-electron chi connectivity index (χ2n) is 6.57. The molecule has 0 aromatic rings. The van der Waals surface area contributed by atoms with E-state index in [0.29, 0.717) is 5.92 Å². The number of carbonyl (C=O) groups is 2.